The molecule has 6 heteroatoms. The summed E-state index contributed by atoms with van der Waals surface area (Å²) in [5.41, 5.74) is 6.45. The number of hydrogen-bond acceptors (Lipinski definition) is 5. The van der Waals surface area contributed by atoms with Gasteiger partial charge in [-0.2, -0.15) is 0 Å². The zero-order chi connectivity index (χ0) is 12.7. The van der Waals surface area contributed by atoms with Crippen molar-refractivity contribution in [1.29, 1.82) is 0 Å². The lowest BCUT2D eigenvalue weighted by atomic mass is 9.98. The molecule has 2 atom stereocenters. The minimum atomic E-state index is 0.425. The number of piperidine rings is 1. The van der Waals surface area contributed by atoms with Crippen LogP contribution in [-0.4, -0.2) is 31.7 Å². The highest BCUT2D eigenvalue weighted by atomic mass is 15.4. The maximum absolute atomic E-state index is 5.82. The number of nitrogens with two attached hydrogens (primary N) is 1. The van der Waals surface area contributed by atoms with Gasteiger partial charge in [-0.3, -0.25) is 4.40 Å². The van der Waals surface area contributed by atoms with E-state index in [4.69, 9.17) is 5.73 Å². The molecule has 96 valence electrons. The van der Waals surface area contributed by atoms with E-state index in [9.17, 15) is 0 Å². The van der Waals surface area contributed by atoms with Crippen LogP contribution in [0.1, 0.15) is 33.1 Å². The molecule has 0 aliphatic carbocycles. The van der Waals surface area contributed by atoms with Crippen molar-refractivity contribution in [1.82, 2.24) is 19.6 Å². The summed E-state index contributed by atoms with van der Waals surface area (Å²) >= 11 is 0. The van der Waals surface area contributed by atoms with Crippen molar-refractivity contribution in [2.24, 2.45) is 0 Å². The van der Waals surface area contributed by atoms with Crippen molar-refractivity contribution in [3.63, 3.8) is 0 Å². The molecule has 1 aliphatic rings. The Morgan fingerprint density at radius 3 is 2.67 bits per heavy atom. The molecule has 1 fully saturated rings. The Labute approximate surface area is 106 Å². The maximum atomic E-state index is 5.82. The van der Waals surface area contributed by atoms with Gasteiger partial charge in [0.15, 0.2) is 5.82 Å². The summed E-state index contributed by atoms with van der Waals surface area (Å²) < 4.78 is 1.93. The molecule has 0 amide bonds. The molecule has 1 aliphatic heterocycles. The molecule has 3 heterocycles. The van der Waals surface area contributed by atoms with Gasteiger partial charge >= 0.3 is 0 Å². The molecule has 0 spiro atoms. The van der Waals surface area contributed by atoms with Crippen LogP contribution < -0.4 is 10.6 Å². The average Bonchev–Trinajstić information content (AvgIpc) is 2.75. The van der Waals surface area contributed by atoms with Crippen molar-refractivity contribution < 1.29 is 0 Å². The molecule has 2 aromatic heterocycles. The van der Waals surface area contributed by atoms with Gasteiger partial charge < -0.3 is 10.6 Å². The molecular formula is C12H18N6. The number of hydrogen-bond donors (Lipinski definition) is 1. The molecule has 3 rings (SSSR count). The van der Waals surface area contributed by atoms with Gasteiger partial charge in [0, 0.05) is 24.5 Å². The van der Waals surface area contributed by atoms with E-state index in [1.54, 1.807) is 6.20 Å². The Kier molecular flexibility index (Phi) is 2.57. The third kappa shape index (κ3) is 1.60. The van der Waals surface area contributed by atoms with Gasteiger partial charge in [-0.1, -0.05) is 0 Å². The molecule has 0 radical (unpaired) electrons. The van der Waals surface area contributed by atoms with Crippen molar-refractivity contribution in [3.8, 4) is 0 Å². The van der Waals surface area contributed by atoms with Crippen LogP contribution in [0.15, 0.2) is 12.4 Å². The van der Waals surface area contributed by atoms with Gasteiger partial charge in [0.2, 0.25) is 11.6 Å². The van der Waals surface area contributed by atoms with Crippen LogP contribution in [0.3, 0.4) is 0 Å². The number of aromatic nitrogens is 4. The van der Waals surface area contributed by atoms with Gasteiger partial charge in [-0.05, 0) is 33.1 Å². The molecule has 1 saturated heterocycles. The Balaban J connectivity index is 2.11. The predicted molar refractivity (Wildman–Crippen MR) is 70.4 cm³/mol. The first-order valence-electron chi connectivity index (χ1n) is 6.42. The number of rotatable bonds is 1. The van der Waals surface area contributed by atoms with Crippen LogP contribution >= 0.6 is 0 Å². The summed E-state index contributed by atoms with van der Waals surface area (Å²) in [6.45, 7) is 4.47. The van der Waals surface area contributed by atoms with Crippen molar-refractivity contribution in [2.45, 2.75) is 45.2 Å². The molecule has 2 aromatic rings. The summed E-state index contributed by atoms with van der Waals surface area (Å²) in [6.07, 6.45) is 7.22. The highest BCUT2D eigenvalue weighted by Gasteiger charge is 2.28. The van der Waals surface area contributed by atoms with Gasteiger partial charge in [-0.15, -0.1) is 10.2 Å². The monoisotopic (exact) mass is 246 g/mol. The lowest BCUT2D eigenvalue weighted by Gasteiger charge is -2.38. The Hall–Kier alpha value is -1.85. The average molecular weight is 246 g/mol. The Bertz CT molecular complexity index is 553. The third-order valence-corrected chi connectivity index (χ3v) is 3.76. The minimum absolute atomic E-state index is 0.425. The van der Waals surface area contributed by atoms with Crippen LogP contribution in [0, 0.1) is 0 Å². The van der Waals surface area contributed by atoms with E-state index in [0.29, 0.717) is 23.5 Å². The van der Waals surface area contributed by atoms with Gasteiger partial charge in [-0.25, -0.2) is 4.98 Å². The summed E-state index contributed by atoms with van der Waals surface area (Å²) in [4.78, 5) is 6.38. The highest BCUT2D eigenvalue weighted by molar-refractivity contribution is 5.61. The van der Waals surface area contributed by atoms with E-state index < -0.39 is 0 Å². The van der Waals surface area contributed by atoms with Crippen LogP contribution in [0.25, 0.3) is 5.65 Å². The molecule has 0 bridgehead atoms. The smallest absolute Gasteiger partial charge is 0.232 e. The van der Waals surface area contributed by atoms with E-state index >= 15 is 0 Å². The predicted octanol–water partition coefficient (Wildman–Crippen LogP) is 1.47. The van der Waals surface area contributed by atoms with E-state index in [1.165, 1.54) is 19.3 Å². The van der Waals surface area contributed by atoms with Crippen molar-refractivity contribution >= 4 is 17.4 Å². The zero-order valence-corrected chi connectivity index (χ0v) is 10.7. The Morgan fingerprint density at radius 2 is 1.94 bits per heavy atom. The van der Waals surface area contributed by atoms with Crippen molar-refractivity contribution in [3.05, 3.63) is 12.4 Å². The fraction of sp³-hybridized carbons (Fsp3) is 0.583. The lowest BCUT2D eigenvalue weighted by molar-refractivity contribution is 0.406. The van der Waals surface area contributed by atoms with Gasteiger partial charge in [0.25, 0.3) is 0 Å². The zero-order valence-electron chi connectivity index (χ0n) is 10.7. The molecular weight excluding hydrogens is 228 g/mol. The van der Waals surface area contributed by atoms with E-state index in [-0.39, 0.29) is 0 Å². The summed E-state index contributed by atoms with van der Waals surface area (Å²) in [5.74, 6) is 1.30. The second-order valence-electron chi connectivity index (χ2n) is 5.04. The second-order valence-corrected chi connectivity index (χ2v) is 5.04. The van der Waals surface area contributed by atoms with Crippen LogP contribution in [0.2, 0.25) is 0 Å². The first-order valence-corrected chi connectivity index (χ1v) is 6.42. The number of anilines is 2. The fourth-order valence-corrected chi connectivity index (χ4v) is 2.82. The quantitative estimate of drug-likeness (QED) is 0.825. The third-order valence-electron chi connectivity index (χ3n) is 3.76. The first-order chi connectivity index (χ1) is 8.68. The van der Waals surface area contributed by atoms with Crippen molar-refractivity contribution in [2.75, 3.05) is 10.6 Å². The molecule has 0 unspecified atom stereocenters. The minimum Gasteiger partial charge on any atom is -0.381 e. The summed E-state index contributed by atoms with van der Waals surface area (Å²) in [5, 5.41) is 8.45. The summed E-state index contributed by atoms with van der Waals surface area (Å²) in [6, 6.07) is 0.964. The highest BCUT2D eigenvalue weighted by Crippen LogP contribution is 2.28. The van der Waals surface area contributed by atoms with E-state index in [2.05, 4.69) is 33.9 Å². The first kappa shape index (κ1) is 11.3. The van der Waals surface area contributed by atoms with Crippen LogP contribution in [0.5, 0.6) is 0 Å². The fourth-order valence-electron chi connectivity index (χ4n) is 2.82. The van der Waals surface area contributed by atoms with Crippen LogP contribution in [0.4, 0.5) is 11.8 Å². The van der Waals surface area contributed by atoms with Gasteiger partial charge in [0.05, 0.1) is 0 Å². The molecule has 0 aromatic carbocycles. The van der Waals surface area contributed by atoms with Crippen LogP contribution in [-0.2, 0) is 0 Å². The topological polar surface area (TPSA) is 72.3 Å². The molecule has 2 N–H and O–H groups in total. The largest absolute Gasteiger partial charge is 0.381 e. The maximum Gasteiger partial charge on any atom is 0.232 e. The lowest BCUT2D eigenvalue weighted by Crippen LogP contribution is -2.44. The Morgan fingerprint density at radius 1 is 1.22 bits per heavy atom. The van der Waals surface area contributed by atoms with E-state index in [0.717, 1.165) is 5.95 Å². The summed E-state index contributed by atoms with van der Waals surface area (Å²) in [7, 11) is 0. The number of nitrogens with zero attached hydrogens (tertiary/aromatic N) is 5. The molecule has 6 nitrogen and oxygen atoms in total. The van der Waals surface area contributed by atoms with E-state index in [1.807, 2.05) is 10.6 Å². The standard InChI is InChI=1S/C12H18N6/c1-8-4-3-5-9(2)18(8)12-16-15-11-10(13)14-6-7-17(11)12/h6-9H,3-5H2,1-2H3,(H2,13,14)/t8-,9-/m1/s1. The molecule has 0 saturated carbocycles. The normalized spacial score (nSPS) is 24.7. The SMILES string of the molecule is C[C@@H]1CCC[C@@H](C)N1c1nnc2c(N)nccn12. The second kappa shape index (κ2) is 4.12. The van der Waals surface area contributed by atoms with Gasteiger partial charge in [0.1, 0.15) is 0 Å². The number of nitrogen functional groups attached to an aromatic ring is 1. The number of fused-ring (bicyclic) bond motifs is 1. The molecule has 18 heavy (non-hydrogen) atoms.